The second-order valence-corrected chi connectivity index (χ2v) is 6.25. The second kappa shape index (κ2) is 5.65. The Bertz CT molecular complexity index is 1100. The summed E-state index contributed by atoms with van der Waals surface area (Å²) in [6, 6.07) is 17.1. The van der Waals surface area contributed by atoms with Crippen LogP contribution in [0, 0.1) is 0 Å². The minimum Gasteiger partial charge on any atom is -0.493 e. The van der Waals surface area contributed by atoms with E-state index in [1.807, 2.05) is 48.5 Å². The van der Waals surface area contributed by atoms with Crippen molar-refractivity contribution in [2.75, 3.05) is 0 Å². The van der Waals surface area contributed by atoms with Crippen LogP contribution in [0.1, 0.15) is 0 Å². The first-order valence-electron chi connectivity index (χ1n) is 7.29. The highest BCUT2D eigenvalue weighted by Crippen LogP contribution is 2.29. The van der Waals surface area contributed by atoms with Crippen molar-refractivity contribution in [3.05, 3.63) is 75.8 Å². The van der Waals surface area contributed by atoms with Crippen molar-refractivity contribution >= 4 is 26.8 Å². The zero-order chi connectivity index (χ0) is 16.7. The Balaban J connectivity index is 2.05. The summed E-state index contributed by atoms with van der Waals surface area (Å²) < 4.78 is 2.22. The molecule has 0 fully saturated rings. The van der Waals surface area contributed by atoms with Crippen molar-refractivity contribution in [2.45, 2.75) is 0 Å². The number of aromatic amines is 1. The fourth-order valence-corrected chi connectivity index (χ4v) is 2.97. The summed E-state index contributed by atoms with van der Waals surface area (Å²) in [4.78, 5) is 19.3. The molecule has 0 saturated heterocycles. The summed E-state index contributed by atoms with van der Waals surface area (Å²) in [5.41, 5.74) is 2.59. The van der Waals surface area contributed by atoms with E-state index in [9.17, 15) is 9.90 Å². The van der Waals surface area contributed by atoms with Crippen LogP contribution in [0.3, 0.4) is 0 Å². The van der Waals surface area contributed by atoms with Gasteiger partial charge in [-0.2, -0.15) is 0 Å². The van der Waals surface area contributed by atoms with Gasteiger partial charge in [-0.15, -0.1) is 0 Å². The summed E-state index contributed by atoms with van der Waals surface area (Å²) in [6.07, 6.45) is 1.27. The average Bonchev–Trinajstić information content (AvgIpc) is 2.93. The number of fused-ring (bicyclic) bond motifs is 1. The van der Waals surface area contributed by atoms with Crippen molar-refractivity contribution in [3.63, 3.8) is 0 Å². The van der Waals surface area contributed by atoms with E-state index in [2.05, 4.69) is 25.9 Å². The molecule has 0 bridgehead atoms. The van der Waals surface area contributed by atoms with Crippen LogP contribution >= 0.6 is 15.9 Å². The van der Waals surface area contributed by atoms with Crippen LogP contribution in [0.5, 0.6) is 5.88 Å². The maximum absolute atomic E-state index is 12.1. The Morgan fingerprint density at radius 1 is 1.08 bits per heavy atom. The quantitative estimate of drug-likeness (QED) is 0.553. The molecule has 24 heavy (non-hydrogen) atoms. The second-order valence-electron chi connectivity index (χ2n) is 5.34. The standard InChI is InChI=1S/C18H12BrN3O2/c19-12-7-5-11(6-8-12)15-9-16(22-17(23)10-20-18(22)24)13-3-1-2-4-14(13)21-15/h1-10,23H,(H,20,24). The molecule has 0 amide bonds. The Hall–Kier alpha value is -2.86. The molecule has 0 spiro atoms. The molecule has 0 unspecified atom stereocenters. The lowest BCUT2D eigenvalue weighted by Crippen LogP contribution is -2.15. The Labute approximate surface area is 145 Å². The Kier molecular flexibility index (Phi) is 3.46. The van der Waals surface area contributed by atoms with Gasteiger partial charge in [-0.25, -0.2) is 14.3 Å². The third-order valence-electron chi connectivity index (χ3n) is 3.83. The molecule has 2 N–H and O–H groups in total. The molecule has 0 aliphatic carbocycles. The van der Waals surface area contributed by atoms with Gasteiger partial charge < -0.3 is 10.1 Å². The maximum atomic E-state index is 12.1. The molecule has 0 saturated carbocycles. The highest BCUT2D eigenvalue weighted by Gasteiger charge is 2.14. The maximum Gasteiger partial charge on any atom is 0.333 e. The van der Waals surface area contributed by atoms with Crippen LogP contribution in [0.4, 0.5) is 0 Å². The lowest BCUT2D eigenvalue weighted by atomic mass is 10.1. The number of benzene rings is 2. The number of H-pyrrole nitrogens is 1. The first-order valence-corrected chi connectivity index (χ1v) is 8.08. The van der Waals surface area contributed by atoms with Crippen molar-refractivity contribution < 1.29 is 5.11 Å². The van der Waals surface area contributed by atoms with Crippen molar-refractivity contribution in [1.82, 2.24) is 14.5 Å². The average molecular weight is 382 g/mol. The molecule has 0 radical (unpaired) electrons. The topological polar surface area (TPSA) is 70.9 Å². The van der Waals surface area contributed by atoms with Crippen LogP contribution in [-0.4, -0.2) is 19.6 Å². The zero-order valence-electron chi connectivity index (χ0n) is 12.4. The zero-order valence-corrected chi connectivity index (χ0v) is 14.0. The number of rotatable bonds is 2. The third kappa shape index (κ3) is 2.41. The summed E-state index contributed by atoms with van der Waals surface area (Å²) >= 11 is 3.42. The van der Waals surface area contributed by atoms with E-state index in [0.717, 1.165) is 26.6 Å². The highest BCUT2D eigenvalue weighted by atomic mass is 79.9. The normalized spacial score (nSPS) is 11.0. The summed E-state index contributed by atoms with van der Waals surface area (Å²) in [6.45, 7) is 0. The van der Waals surface area contributed by atoms with E-state index in [-0.39, 0.29) is 5.88 Å². The molecule has 0 aliphatic rings. The number of nitrogens with one attached hydrogen (secondary N) is 1. The number of pyridine rings is 1. The molecule has 4 rings (SSSR count). The van der Waals surface area contributed by atoms with Gasteiger partial charge in [0.25, 0.3) is 0 Å². The lowest BCUT2D eigenvalue weighted by Gasteiger charge is -2.11. The minimum absolute atomic E-state index is 0.141. The third-order valence-corrected chi connectivity index (χ3v) is 4.36. The van der Waals surface area contributed by atoms with Crippen molar-refractivity contribution in [1.29, 1.82) is 0 Å². The number of halogens is 1. The van der Waals surface area contributed by atoms with Gasteiger partial charge in [-0.05, 0) is 24.3 Å². The molecule has 6 heteroatoms. The number of aromatic hydroxyl groups is 1. The van der Waals surface area contributed by atoms with E-state index in [4.69, 9.17) is 0 Å². The molecule has 0 atom stereocenters. The van der Waals surface area contributed by atoms with Crippen molar-refractivity contribution in [3.8, 4) is 22.8 Å². The Morgan fingerprint density at radius 2 is 1.83 bits per heavy atom. The molecule has 2 aromatic heterocycles. The van der Waals surface area contributed by atoms with Gasteiger partial charge in [0.2, 0.25) is 5.88 Å². The number of nitrogens with zero attached hydrogens (tertiary/aromatic N) is 2. The number of para-hydroxylation sites is 1. The lowest BCUT2D eigenvalue weighted by molar-refractivity contribution is 0.441. The molecular weight excluding hydrogens is 370 g/mol. The predicted molar refractivity (Wildman–Crippen MR) is 96.5 cm³/mol. The SMILES string of the molecule is O=c1[nH]cc(O)n1-c1cc(-c2ccc(Br)cc2)nc2ccccc12. The van der Waals surface area contributed by atoms with Gasteiger partial charge in [0.15, 0.2) is 0 Å². The monoisotopic (exact) mass is 381 g/mol. The van der Waals surface area contributed by atoms with E-state index in [1.54, 1.807) is 6.07 Å². The van der Waals surface area contributed by atoms with Gasteiger partial charge in [0.1, 0.15) is 0 Å². The van der Waals surface area contributed by atoms with Crippen LogP contribution in [0.2, 0.25) is 0 Å². The van der Waals surface area contributed by atoms with E-state index in [1.165, 1.54) is 10.8 Å². The van der Waals surface area contributed by atoms with Crippen LogP contribution in [0.15, 0.2) is 70.1 Å². The predicted octanol–water partition coefficient (Wildman–Crippen LogP) is 3.85. The van der Waals surface area contributed by atoms with Crippen molar-refractivity contribution in [2.24, 2.45) is 0 Å². The van der Waals surface area contributed by atoms with Crippen LogP contribution in [-0.2, 0) is 0 Å². The minimum atomic E-state index is -0.398. The van der Waals surface area contributed by atoms with E-state index >= 15 is 0 Å². The Morgan fingerprint density at radius 3 is 2.54 bits per heavy atom. The first kappa shape index (κ1) is 14.7. The molecule has 2 aromatic carbocycles. The molecule has 0 aliphatic heterocycles. The number of aromatic nitrogens is 3. The summed E-state index contributed by atoms with van der Waals surface area (Å²) in [5, 5.41) is 10.8. The fourth-order valence-electron chi connectivity index (χ4n) is 2.70. The van der Waals surface area contributed by atoms with E-state index < -0.39 is 5.69 Å². The summed E-state index contributed by atoms with van der Waals surface area (Å²) in [7, 11) is 0. The smallest absolute Gasteiger partial charge is 0.333 e. The molecule has 4 aromatic rings. The number of imidazole rings is 1. The fraction of sp³-hybridized carbons (Fsp3) is 0. The summed E-state index contributed by atoms with van der Waals surface area (Å²) in [5.74, 6) is -0.141. The van der Waals surface area contributed by atoms with Crippen LogP contribution in [0.25, 0.3) is 27.8 Å². The van der Waals surface area contributed by atoms with Gasteiger partial charge in [-0.3, -0.25) is 0 Å². The number of hydrogen-bond acceptors (Lipinski definition) is 3. The van der Waals surface area contributed by atoms with Gasteiger partial charge in [0.05, 0.1) is 23.1 Å². The molecular formula is C18H12BrN3O2. The van der Waals surface area contributed by atoms with E-state index in [0.29, 0.717) is 5.69 Å². The largest absolute Gasteiger partial charge is 0.493 e. The molecule has 118 valence electrons. The van der Waals surface area contributed by atoms with Crippen LogP contribution < -0.4 is 5.69 Å². The first-order chi connectivity index (χ1) is 11.6. The van der Waals surface area contributed by atoms with Gasteiger partial charge in [-0.1, -0.05) is 46.3 Å². The number of hydrogen-bond donors (Lipinski definition) is 2. The van der Waals surface area contributed by atoms with Gasteiger partial charge >= 0.3 is 5.69 Å². The molecule has 2 heterocycles. The van der Waals surface area contributed by atoms with Gasteiger partial charge in [0, 0.05) is 15.4 Å². The highest BCUT2D eigenvalue weighted by molar-refractivity contribution is 9.10. The molecule has 5 nitrogen and oxygen atoms in total.